The molecule has 0 heterocycles. The van der Waals surface area contributed by atoms with Crippen molar-refractivity contribution >= 4 is 0 Å². The van der Waals surface area contributed by atoms with Gasteiger partial charge in [-0.2, -0.15) is 0 Å². The number of hydrogen-bond acceptors (Lipinski definition) is 2. The molecule has 2 saturated carbocycles. The summed E-state index contributed by atoms with van der Waals surface area (Å²) in [5.74, 6) is 3.13. The minimum absolute atomic E-state index is 0.342. The Hall–Kier alpha value is -1.02. The first-order chi connectivity index (χ1) is 8.79. The fourth-order valence-corrected chi connectivity index (χ4v) is 3.34. The molecule has 1 aromatic rings. The van der Waals surface area contributed by atoms with Gasteiger partial charge in [0.15, 0.2) is 0 Å². The monoisotopic (exact) mass is 246 g/mol. The third-order valence-corrected chi connectivity index (χ3v) is 4.43. The van der Waals surface area contributed by atoms with Crippen molar-refractivity contribution in [3.8, 4) is 5.75 Å². The van der Waals surface area contributed by atoms with Gasteiger partial charge < -0.3 is 9.84 Å². The van der Waals surface area contributed by atoms with Crippen molar-refractivity contribution in [2.75, 3.05) is 6.61 Å². The van der Waals surface area contributed by atoms with Crippen LogP contribution in [0.15, 0.2) is 24.3 Å². The number of rotatable bonds is 5. The lowest BCUT2D eigenvalue weighted by Gasteiger charge is -2.22. The number of aliphatic hydroxyl groups excluding tert-OH is 1. The van der Waals surface area contributed by atoms with Crippen molar-refractivity contribution in [1.29, 1.82) is 0 Å². The maximum Gasteiger partial charge on any atom is 0.125 e. The summed E-state index contributed by atoms with van der Waals surface area (Å²) < 4.78 is 5.75. The summed E-state index contributed by atoms with van der Waals surface area (Å²) in [5.41, 5.74) is 0.984. The zero-order chi connectivity index (χ0) is 12.5. The molecule has 0 radical (unpaired) electrons. The number of fused-ring (bicyclic) bond motifs is 1. The van der Waals surface area contributed by atoms with Gasteiger partial charge >= 0.3 is 0 Å². The van der Waals surface area contributed by atoms with E-state index in [1.54, 1.807) is 0 Å². The molecule has 2 nitrogen and oxygen atoms in total. The molecule has 3 rings (SSSR count). The average Bonchev–Trinajstić information content (AvgIpc) is 3.02. The van der Waals surface area contributed by atoms with Crippen molar-refractivity contribution < 1.29 is 9.84 Å². The van der Waals surface area contributed by atoms with Gasteiger partial charge in [0, 0.05) is 5.56 Å². The Morgan fingerprint density at radius 3 is 2.67 bits per heavy atom. The van der Waals surface area contributed by atoms with Crippen LogP contribution in [0, 0.1) is 17.8 Å². The normalized spacial score (nSPS) is 30.9. The number of hydrogen-bond donors (Lipinski definition) is 1. The van der Waals surface area contributed by atoms with Crippen LogP contribution in [-0.2, 0) is 0 Å². The summed E-state index contributed by atoms with van der Waals surface area (Å²) in [5, 5.41) is 10.6. The summed E-state index contributed by atoms with van der Waals surface area (Å²) >= 11 is 0. The van der Waals surface area contributed by atoms with Crippen molar-refractivity contribution in [3.05, 3.63) is 29.8 Å². The van der Waals surface area contributed by atoms with Gasteiger partial charge in [-0.3, -0.25) is 0 Å². The zero-order valence-electron chi connectivity index (χ0n) is 11.0. The second kappa shape index (κ2) is 4.93. The molecule has 0 bridgehead atoms. The third kappa shape index (κ3) is 2.26. The Kier molecular flexibility index (Phi) is 3.29. The summed E-state index contributed by atoms with van der Waals surface area (Å²) in [6.07, 6.45) is 4.46. The Morgan fingerprint density at radius 2 is 1.94 bits per heavy atom. The van der Waals surface area contributed by atoms with Crippen molar-refractivity contribution in [2.45, 2.75) is 38.7 Å². The molecule has 2 heteroatoms. The highest BCUT2D eigenvalue weighted by Gasteiger charge is 2.48. The van der Waals surface area contributed by atoms with E-state index in [1.165, 1.54) is 19.3 Å². The molecule has 2 aliphatic carbocycles. The lowest BCUT2D eigenvalue weighted by Crippen LogP contribution is -2.12. The van der Waals surface area contributed by atoms with E-state index in [2.05, 4.69) is 6.92 Å². The number of aliphatic hydroxyl groups is 1. The van der Waals surface area contributed by atoms with Crippen LogP contribution >= 0.6 is 0 Å². The Balaban J connectivity index is 1.73. The molecule has 0 aromatic heterocycles. The second-order valence-electron chi connectivity index (χ2n) is 5.82. The Morgan fingerprint density at radius 1 is 1.22 bits per heavy atom. The van der Waals surface area contributed by atoms with E-state index in [0.29, 0.717) is 5.92 Å². The molecule has 0 aliphatic heterocycles. The van der Waals surface area contributed by atoms with Crippen molar-refractivity contribution in [2.24, 2.45) is 17.8 Å². The summed E-state index contributed by atoms with van der Waals surface area (Å²) in [6, 6.07) is 7.96. The van der Waals surface area contributed by atoms with Crippen LogP contribution in [-0.4, -0.2) is 11.7 Å². The SMILES string of the molecule is CCCOc1ccccc1C(O)C1CC2CC2C1. The summed E-state index contributed by atoms with van der Waals surface area (Å²) in [7, 11) is 0. The molecule has 3 atom stereocenters. The van der Waals surface area contributed by atoms with E-state index < -0.39 is 0 Å². The first-order valence-corrected chi connectivity index (χ1v) is 7.19. The van der Waals surface area contributed by atoms with E-state index in [0.717, 1.165) is 36.2 Å². The van der Waals surface area contributed by atoms with Gasteiger partial charge in [0.1, 0.15) is 5.75 Å². The second-order valence-corrected chi connectivity index (χ2v) is 5.82. The molecular formula is C16H22O2. The van der Waals surface area contributed by atoms with Crippen LogP contribution in [0.25, 0.3) is 0 Å². The molecule has 0 amide bonds. The molecule has 18 heavy (non-hydrogen) atoms. The van der Waals surface area contributed by atoms with Gasteiger partial charge in [0.25, 0.3) is 0 Å². The predicted molar refractivity (Wildman–Crippen MR) is 71.5 cm³/mol. The van der Waals surface area contributed by atoms with Gasteiger partial charge in [-0.15, -0.1) is 0 Å². The fraction of sp³-hybridized carbons (Fsp3) is 0.625. The van der Waals surface area contributed by atoms with Gasteiger partial charge in [-0.1, -0.05) is 25.1 Å². The van der Waals surface area contributed by atoms with E-state index in [1.807, 2.05) is 24.3 Å². The highest BCUT2D eigenvalue weighted by molar-refractivity contribution is 5.35. The van der Waals surface area contributed by atoms with Gasteiger partial charge in [-0.05, 0) is 49.5 Å². The topological polar surface area (TPSA) is 29.5 Å². The van der Waals surface area contributed by atoms with Crippen LogP contribution in [0.2, 0.25) is 0 Å². The van der Waals surface area contributed by atoms with Gasteiger partial charge in [0.05, 0.1) is 12.7 Å². The van der Waals surface area contributed by atoms with Crippen LogP contribution in [0.4, 0.5) is 0 Å². The van der Waals surface area contributed by atoms with Crippen LogP contribution in [0.5, 0.6) is 5.75 Å². The van der Waals surface area contributed by atoms with Crippen LogP contribution in [0.1, 0.15) is 44.3 Å². The first kappa shape index (κ1) is 12.0. The summed E-state index contributed by atoms with van der Waals surface area (Å²) in [6.45, 7) is 2.82. The van der Waals surface area contributed by atoms with E-state index in [9.17, 15) is 5.11 Å². The van der Waals surface area contributed by atoms with E-state index >= 15 is 0 Å². The molecule has 2 fully saturated rings. The molecule has 3 unspecified atom stereocenters. The smallest absolute Gasteiger partial charge is 0.125 e. The van der Waals surface area contributed by atoms with Crippen molar-refractivity contribution in [1.82, 2.24) is 0 Å². The minimum atomic E-state index is -0.342. The predicted octanol–water partition coefficient (Wildman–Crippen LogP) is 3.55. The van der Waals surface area contributed by atoms with E-state index in [-0.39, 0.29) is 6.10 Å². The molecule has 0 saturated heterocycles. The Bertz CT molecular complexity index is 405. The van der Waals surface area contributed by atoms with Crippen LogP contribution < -0.4 is 4.74 Å². The molecule has 0 spiro atoms. The maximum absolute atomic E-state index is 10.6. The van der Waals surface area contributed by atoms with E-state index in [4.69, 9.17) is 4.74 Å². The van der Waals surface area contributed by atoms with Crippen molar-refractivity contribution in [3.63, 3.8) is 0 Å². The number of benzene rings is 1. The highest BCUT2D eigenvalue weighted by Crippen LogP contribution is 2.57. The fourth-order valence-electron chi connectivity index (χ4n) is 3.34. The molecule has 98 valence electrons. The molecule has 1 aromatic carbocycles. The standard InChI is InChI=1S/C16H22O2/c1-2-7-18-15-6-4-3-5-14(15)16(17)13-9-11-8-12(11)10-13/h3-6,11-13,16-17H,2,7-10H2,1H3. The third-order valence-electron chi connectivity index (χ3n) is 4.43. The molecule has 2 aliphatic rings. The van der Waals surface area contributed by atoms with Gasteiger partial charge in [-0.25, -0.2) is 0 Å². The lowest BCUT2D eigenvalue weighted by molar-refractivity contribution is 0.100. The minimum Gasteiger partial charge on any atom is -0.493 e. The summed E-state index contributed by atoms with van der Waals surface area (Å²) in [4.78, 5) is 0. The largest absolute Gasteiger partial charge is 0.493 e. The Labute approximate surface area is 109 Å². The molecule has 1 N–H and O–H groups in total. The zero-order valence-corrected chi connectivity index (χ0v) is 11.0. The quantitative estimate of drug-likeness (QED) is 0.861. The number of ether oxygens (including phenoxy) is 1. The lowest BCUT2D eigenvalue weighted by atomic mass is 9.91. The first-order valence-electron chi connectivity index (χ1n) is 7.19. The van der Waals surface area contributed by atoms with Gasteiger partial charge in [0.2, 0.25) is 0 Å². The highest BCUT2D eigenvalue weighted by atomic mass is 16.5. The average molecular weight is 246 g/mol. The maximum atomic E-state index is 10.6. The van der Waals surface area contributed by atoms with Crippen LogP contribution in [0.3, 0.4) is 0 Å². The molecular weight excluding hydrogens is 224 g/mol. The number of para-hydroxylation sites is 1.